The molecule has 0 bridgehead atoms. The average molecular weight is 391 g/mol. The van der Waals surface area contributed by atoms with Crippen molar-refractivity contribution in [2.45, 2.75) is 51.3 Å². The predicted molar refractivity (Wildman–Crippen MR) is 108 cm³/mol. The van der Waals surface area contributed by atoms with Crippen molar-refractivity contribution in [2.24, 2.45) is 5.92 Å². The molecule has 0 aliphatic carbocycles. The molecule has 2 aliphatic heterocycles. The standard InChI is InChI=1S/C21H34N4O3/c1-16-3-2-4-18(23-16)14-24-9-7-19(8-10-24)25-11-5-17(6-12-25)21(28)22-13-20(27)15-26/h2-4,17,19-20,26-27H,5-15H2,1H3,(H,22,28). The first-order valence-corrected chi connectivity index (χ1v) is 10.5. The highest BCUT2D eigenvalue weighted by Crippen LogP contribution is 2.24. The summed E-state index contributed by atoms with van der Waals surface area (Å²) in [5.41, 5.74) is 2.22. The number of hydrogen-bond donors (Lipinski definition) is 3. The number of pyridine rings is 1. The summed E-state index contributed by atoms with van der Waals surface area (Å²) >= 11 is 0. The molecule has 2 aliphatic rings. The number of amides is 1. The number of rotatable bonds is 7. The van der Waals surface area contributed by atoms with Crippen LogP contribution in [0.2, 0.25) is 0 Å². The third kappa shape index (κ3) is 5.98. The number of carbonyl (C=O) groups is 1. The highest BCUT2D eigenvalue weighted by molar-refractivity contribution is 5.78. The molecule has 1 aromatic rings. The van der Waals surface area contributed by atoms with Gasteiger partial charge in [-0.25, -0.2) is 0 Å². The Kier molecular flexibility index (Phi) is 7.79. The Bertz CT molecular complexity index is 626. The number of aliphatic hydroxyl groups excluding tert-OH is 2. The lowest BCUT2D eigenvalue weighted by molar-refractivity contribution is -0.127. The first-order valence-electron chi connectivity index (χ1n) is 10.5. The smallest absolute Gasteiger partial charge is 0.223 e. The summed E-state index contributed by atoms with van der Waals surface area (Å²) in [7, 11) is 0. The Morgan fingerprint density at radius 3 is 2.57 bits per heavy atom. The van der Waals surface area contributed by atoms with Crippen molar-refractivity contribution in [3.8, 4) is 0 Å². The van der Waals surface area contributed by atoms with Crippen LogP contribution < -0.4 is 5.32 Å². The molecule has 1 aromatic heterocycles. The summed E-state index contributed by atoms with van der Waals surface area (Å²) in [5, 5.41) is 21.0. The molecule has 7 heteroatoms. The number of nitrogens with zero attached hydrogens (tertiary/aromatic N) is 3. The van der Waals surface area contributed by atoms with Crippen molar-refractivity contribution >= 4 is 5.91 Å². The third-order valence-electron chi connectivity index (χ3n) is 6.03. The molecule has 2 fully saturated rings. The number of piperidine rings is 2. The van der Waals surface area contributed by atoms with Crippen LogP contribution in [0, 0.1) is 12.8 Å². The molecule has 3 N–H and O–H groups in total. The van der Waals surface area contributed by atoms with Crippen molar-refractivity contribution in [1.29, 1.82) is 0 Å². The molecule has 1 atom stereocenters. The lowest BCUT2D eigenvalue weighted by Gasteiger charge is -2.41. The normalized spacial score (nSPS) is 21.5. The number of aromatic nitrogens is 1. The Hall–Kier alpha value is -1.54. The first kappa shape index (κ1) is 21.2. The van der Waals surface area contributed by atoms with E-state index in [9.17, 15) is 9.90 Å². The van der Waals surface area contributed by atoms with E-state index in [2.05, 4.69) is 32.2 Å². The van der Waals surface area contributed by atoms with Gasteiger partial charge in [0.1, 0.15) is 0 Å². The van der Waals surface area contributed by atoms with Gasteiger partial charge in [-0.05, 0) is 57.8 Å². The molecular weight excluding hydrogens is 356 g/mol. The molecule has 0 saturated carbocycles. The number of aliphatic hydroxyl groups is 2. The summed E-state index contributed by atoms with van der Waals surface area (Å²) < 4.78 is 0. The molecule has 1 amide bonds. The fourth-order valence-corrected chi connectivity index (χ4v) is 4.31. The van der Waals surface area contributed by atoms with E-state index in [1.54, 1.807) is 0 Å². The molecule has 156 valence electrons. The van der Waals surface area contributed by atoms with Crippen LogP contribution in [-0.2, 0) is 11.3 Å². The van der Waals surface area contributed by atoms with Gasteiger partial charge in [0.2, 0.25) is 5.91 Å². The number of carbonyl (C=O) groups excluding carboxylic acids is 1. The van der Waals surface area contributed by atoms with Gasteiger partial charge < -0.3 is 20.4 Å². The number of likely N-dealkylation sites (tertiary alicyclic amines) is 2. The van der Waals surface area contributed by atoms with Gasteiger partial charge in [0.25, 0.3) is 0 Å². The molecular formula is C21H34N4O3. The van der Waals surface area contributed by atoms with Crippen LogP contribution in [0.15, 0.2) is 18.2 Å². The van der Waals surface area contributed by atoms with Gasteiger partial charge in [-0.1, -0.05) is 6.07 Å². The van der Waals surface area contributed by atoms with Crippen LogP contribution in [-0.4, -0.2) is 82.4 Å². The minimum absolute atomic E-state index is 0.00706. The van der Waals surface area contributed by atoms with Crippen LogP contribution in [0.5, 0.6) is 0 Å². The Balaban J connectivity index is 1.37. The van der Waals surface area contributed by atoms with Crippen molar-refractivity contribution in [1.82, 2.24) is 20.1 Å². The third-order valence-corrected chi connectivity index (χ3v) is 6.03. The molecule has 7 nitrogen and oxygen atoms in total. The van der Waals surface area contributed by atoms with Crippen molar-refractivity contribution in [3.63, 3.8) is 0 Å². The van der Waals surface area contributed by atoms with Gasteiger partial charge in [-0.2, -0.15) is 0 Å². The first-order chi connectivity index (χ1) is 13.5. The van der Waals surface area contributed by atoms with Gasteiger partial charge in [0, 0.05) is 43.8 Å². The fraction of sp³-hybridized carbons (Fsp3) is 0.714. The second-order valence-corrected chi connectivity index (χ2v) is 8.17. The van der Waals surface area contributed by atoms with E-state index in [4.69, 9.17) is 5.11 Å². The molecule has 0 aromatic carbocycles. The molecule has 0 spiro atoms. The molecule has 28 heavy (non-hydrogen) atoms. The maximum Gasteiger partial charge on any atom is 0.223 e. The second kappa shape index (κ2) is 10.3. The zero-order chi connectivity index (χ0) is 19.9. The topological polar surface area (TPSA) is 88.9 Å². The van der Waals surface area contributed by atoms with Gasteiger partial charge in [-0.3, -0.25) is 14.7 Å². The van der Waals surface area contributed by atoms with Crippen molar-refractivity contribution < 1.29 is 15.0 Å². The number of hydrogen-bond acceptors (Lipinski definition) is 6. The van der Waals surface area contributed by atoms with E-state index < -0.39 is 6.10 Å². The van der Waals surface area contributed by atoms with Gasteiger partial charge >= 0.3 is 0 Å². The van der Waals surface area contributed by atoms with Gasteiger partial charge in [0.15, 0.2) is 0 Å². The molecule has 1 unspecified atom stereocenters. The van der Waals surface area contributed by atoms with Crippen LogP contribution >= 0.6 is 0 Å². The van der Waals surface area contributed by atoms with E-state index in [1.807, 2.05) is 13.0 Å². The van der Waals surface area contributed by atoms with E-state index in [0.29, 0.717) is 6.04 Å². The van der Waals surface area contributed by atoms with Crippen LogP contribution in [0.4, 0.5) is 0 Å². The Morgan fingerprint density at radius 2 is 1.93 bits per heavy atom. The van der Waals surface area contributed by atoms with Crippen LogP contribution in [0.1, 0.15) is 37.1 Å². The van der Waals surface area contributed by atoms with Crippen LogP contribution in [0.25, 0.3) is 0 Å². The maximum absolute atomic E-state index is 12.2. The minimum Gasteiger partial charge on any atom is -0.394 e. The Morgan fingerprint density at radius 1 is 1.21 bits per heavy atom. The monoisotopic (exact) mass is 390 g/mol. The highest BCUT2D eigenvalue weighted by Gasteiger charge is 2.30. The zero-order valence-corrected chi connectivity index (χ0v) is 16.9. The summed E-state index contributed by atoms with van der Waals surface area (Å²) in [5.74, 6) is 0.0299. The summed E-state index contributed by atoms with van der Waals surface area (Å²) in [6.45, 7) is 6.89. The second-order valence-electron chi connectivity index (χ2n) is 8.17. The lowest BCUT2D eigenvalue weighted by Crippen LogP contribution is -2.49. The fourth-order valence-electron chi connectivity index (χ4n) is 4.31. The SMILES string of the molecule is Cc1cccc(CN2CCC(N3CCC(C(=O)NCC(O)CO)CC3)CC2)n1. The van der Waals surface area contributed by atoms with E-state index in [1.165, 1.54) is 12.8 Å². The predicted octanol–water partition coefficient (Wildman–Crippen LogP) is 0.536. The van der Waals surface area contributed by atoms with Crippen molar-refractivity contribution in [2.75, 3.05) is 39.3 Å². The van der Waals surface area contributed by atoms with E-state index >= 15 is 0 Å². The minimum atomic E-state index is -0.871. The van der Waals surface area contributed by atoms with Crippen molar-refractivity contribution in [3.05, 3.63) is 29.6 Å². The quantitative estimate of drug-likeness (QED) is 0.630. The Labute approximate surface area is 167 Å². The molecule has 2 saturated heterocycles. The summed E-state index contributed by atoms with van der Waals surface area (Å²) in [4.78, 5) is 21.9. The largest absolute Gasteiger partial charge is 0.394 e. The number of aryl methyl sites for hydroxylation is 1. The maximum atomic E-state index is 12.2. The van der Waals surface area contributed by atoms with Gasteiger partial charge in [-0.15, -0.1) is 0 Å². The highest BCUT2D eigenvalue weighted by atomic mass is 16.3. The molecule has 0 radical (unpaired) electrons. The summed E-state index contributed by atoms with van der Waals surface area (Å²) in [6, 6.07) is 6.83. The molecule has 3 heterocycles. The summed E-state index contributed by atoms with van der Waals surface area (Å²) in [6.07, 6.45) is 3.21. The number of nitrogens with one attached hydrogen (secondary N) is 1. The van der Waals surface area contributed by atoms with E-state index in [-0.39, 0.29) is 25.0 Å². The zero-order valence-electron chi connectivity index (χ0n) is 16.9. The lowest BCUT2D eigenvalue weighted by atomic mass is 9.92. The molecule has 3 rings (SSSR count). The van der Waals surface area contributed by atoms with Crippen LogP contribution in [0.3, 0.4) is 0 Å². The van der Waals surface area contributed by atoms with E-state index in [0.717, 1.165) is 57.0 Å². The average Bonchev–Trinajstić information content (AvgIpc) is 2.72. The van der Waals surface area contributed by atoms with Gasteiger partial charge in [0.05, 0.1) is 18.4 Å².